The second-order valence-corrected chi connectivity index (χ2v) is 4.28. The van der Waals surface area contributed by atoms with Gasteiger partial charge in [0.25, 0.3) is 5.91 Å². The molecule has 0 atom stereocenters. The predicted molar refractivity (Wildman–Crippen MR) is 67.5 cm³/mol. The summed E-state index contributed by atoms with van der Waals surface area (Å²) in [5.41, 5.74) is 0.610. The molecule has 0 unspecified atom stereocenters. The van der Waals surface area contributed by atoms with Gasteiger partial charge in [0, 0.05) is 12.6 Å². The molecule has 0 saturated carbocycles. The van der Waals surface area contributed by atoms with Crippen LogP contribution in [-0.2, 0) is 0 Å². The number of hydrogen-bond donors (Lipinski definition) is 0. The molecule has 0 N–H and O–H groups in total. The van der Waals surface area contributed by atoms with E-state index in [0.717, 1.165) is 0 Å². The minimum atomic E-state index is -0.438. The zero-order valence-corrected chi connectivity index (χ0v) is 10.5. The second kappa shape index (κ2) is 5.62. The van der Waals surface area contributed by atoms with Gasteiger partial charge >= 0.3 is 0 Å². The van der Waals surface area contributed by atoms with Gasteiger partial charge in [-0.15, -0.1) is 6.58 Å². The third-order valence-corrected chi connectivity index (χ3v) is 2.63. The molecular formula is C14H18FNO. The summed E-state index contributed by atoms with van der Waals surface area (Å²) in [6, 6.07) is 4.88. The molecule has 0 aliphatic carbocycles. The lowest BCUT2D eigenvalue weighted by Gasteiger charge is -2.25. The maximum absolute atomic E-state index is 13.8. The number of hydrogen-bond acceptors (Lipinski definition) is 1. The molecule has 0 spiro atoms. The van der Waals surface area contributed by atoms with Crippen molar-refractivity contribution in [3.05, 3.63) is 47.8 Å². The van der Waals surface area contributed by atoms with Crippen molar-refractivity contribution in [3.63, 3.8) is 0 Å². The van der Waals surface area contributed by atoms with E-state index in [9.17, 15) is 9.18 Å². The summed E-state index contributed by atoms with van der Waals surface area (Å²) >= 11 is 0. The molecule has 2 nitrogen and oxygen atoms in total. The third-order valence-electron chi connectivity index (χ3n) is 2.63. The van der Waals surface area contributed by atoms with Crippen molar-refractivity contribution in [2.45, 2.75) is 26.8 Å². The smallest absolute Gasteiger partial charge is 0.257 e. The van der Waals surface area contributed by atoms with Crippen LogP contribution < -0.4 is 0 Å². The maximum atomic E-state index is 13.8. The second-order valence-electron chi connectivity index (χ2n) is 4.28. The molecule has 1 rings (SSSR count). The Morgan fingerprint density at radius 3 is 2.71 bits per heavy atom. The lowest BCUT2D eigenvalue weighted by molar-refractivity contribution is 0.0724. The first-order chi connectivity index (χ1) is 7.99. The minimum Gasteiger partial charge on any atom is -0.332 e. The quantitative estimate of drug-likeness (QED) is 0.734. The molecule has 0 aliphatic rings. The van der Waals surface area contributed by atoms with Gasteiger partial charge in [0.15, 0.2) is 0 Å². The lowest BCUT2D eigenvalue weighted by atomic mass is 10.1. The van der Waals surface area contributed by atoms with Crippen LogP contribution in [0.4, 0.5) is 4.39 Å². The van der Waals surface area contributed by atoms with Gasteiger partial charge in [0.05, 0.1) is 5.56 Å². The first-order valence-corrected chi connectivity index (χ1v) is 5.66. The Kier molecular flexibility index (Phi) is 4.44. The molecule has 0 fully saturated rings. The standard InChI is InChI=1S/C14H18FNO/c1-5-9-16(10(2)3)14(17)12-8-6-7-11(4)13(12)15/h5-8,10H,1,9H2,2-4H3. The number of carbonyl (C=O) groups is 1. The fourth-order valence-corrected chi connectivity index (χ4v) is 1.63. The summed E-state index contributed by atoms with van der Waals surface area (Å²) < 4.78 is 13.8. The summed E-state index contributed by atoms with van der Waals surface area (Å²) in [7, 11) is 0. The van der Waals surface area contributed by atoms with E-state index in [0.29, 0.717) is 12.1 Å². The largest absolute Gasteiger partial charge is 0.332 e. The van der Waals surface area contributed by atoms with Gasteiger partial charge in [-0.3, -0.25) is 4.79 Å². The third kappa shape index (κ3) is 2.93. The number of aryl methyl sites for hydroxylation is 1. The molecule has 1 amide bonds. The Morgan fingerprint density at radius 1 is 1.53 bits per heavy atom. The molecule has 0 saturated heterocycles. The van der Waals surface area contributed by atoms with E-state index in [1.807, 2.05) is 13.8 Å². The van der Waals surface area contributed by atoms with Crippen LogP contribution in [0.25, 0.3) is 0 Å². The molecule has 0 aliphatic heterocycles. The van der Waals surface area contributed by atoms with E-state index < -0.39 is 5.82 Å². The van der Waals surface area contributed by atoms with Crippen LogP contribution >= 0.6 is 0 Å². The first kappa shape index (κ1) is 13.4. The molecule has 1 aromatic rings. The zero-order valence-electron chi connectivity index (χ0n) is 10.5. The summed E-state index contributed by atoms with van der Waals surface area (Å²) in [6.45, 7) is 9.48. The highest BCUT2D eigenvalue weighted by Crippen LogP contribution is 2.15. The van der Waals surface area contributed by atoms with Crippen LogP contribution in [0.3, 0.4) is 0 Å². The van der Waals surface area contributed by atoms with Gasteiger partial charge in [0.2, 0.25) is 0 Å². The number of rotatable bonds is 4. The maximum Gasteiger partial charge on any atom is 0.257 e. The van der Waals surface area contributed by atoms with Crippen LogP contribution in [0.1, 0.15) is 29.8 Å². The Hall–Kier alpha value is -1.64. The number of amides is 1. The fourth-order valence-electron chi connectivity index (χ4n) is 1.63. The number of nitrogens with zero attached hydrogens (tertiary/aromatic N) is 1. The van der Waals surface area contributed by atoms with Gasteiger partial charge < -0.3 is 4.90 Å². The summed E-state index contributed by atoms with van der Waals surface area (Å²) in [5.74, 6) is -0.728. The van der Waals surface area contributed by atoms with Crippen molar-refractivity contribution in [2.75, 3.05) is 6.54 Å². The first-order valence-electron chi connectivity index (χ1n) is 5.66. The van der Waals surface area contributed by atoms with Gasteiger partial charge in [-0.1, -0.05) is 18.2 Å². The van der Waals surface area contributed by atoms with Crippen LogP contribution in [0, 0.1) is 12.7 Å². The van der Waals surface area contributed by atoms with E-state index in [2.05, 4.69) is 6.58 Å². The van der Waals surface area contributed by atoms with E-state index in [1.165, 1.54) is 6.07 Å². The molecule has 0 heterocycles. The van der Waals surface area contributed by atoms with E-state index in [-0.39, 0.29) is 17.5 Å². The molecule has 0 aromatic heterocycles. The molecule has 0 bridgehead atoms. The number of benzene rings is 1. The van der Waals surface area contributed by atoms with Crippen molar-refractivity contribution < 1.29 is 9.18 Å². The predicted octanol–water partition coefficient (Wildman–Crippen LogP) is 3.17. The van der Waals surface area contributed by atoms with Crippen molar-refractivity contribution in [1.29, 1.82) is 0 Å². The molecule has 92 valence electrons. The molecule has 1 aromatic carbocycles. The van der Waals surface area contributed by atoms with Gasteiger partial charge in [-0.25, -0.2) is 4.39 Å². The van der Waals surface area contributed by atoms with Crippen LogP contribution in [0.5, 0.6) is 0 Å². The van der Waals surface area contributed by atoms with Crippen LogP contribution in [0.15, 0.2) is 30.9 Å². The normalized spacial score (nSPS) is 10.4. The monoisotopic (exact) mass is 235 g/mol. The molecular weight excluding hydrogens is 217 g/mol. The Labute approximate surface area is 102 Å². The average molecular weight is 235 g/mol. The van der Waals surface area contributed by atoms with E-state index in [1.54, 1.807) is 30.0 Å². The van der Waals surface area contributed by atoms with Gasteiger partial charge in [0.1, 0.15) is 5.82 Å². The van der Waals surface area contributed by atoms with E-state index >= 15 is 0 Å². The molecule has 17 heavy (non-hydrogen) atoms. The lowest BCUT2D eigenvalue weighted by Crippen LogP contribution is -2.37. The average Bonchev–Trinajstić information content (AvgIpc) is 2.28. The van der Waals surface area contributed by atoms with Crippen LogP contribution in [-0.4, -0.2) is 23.4 Å². The molecule has 3 heteroatoms. The van der Waals surface area contributed by atoms with E-state index in [4.69, 9.17) is 0 Å². The van der Waals surface area contributed by atoms with Crippen molar-refractivity contribution in [2.24, 2.45) is 0 Å². The number of halogens is 1. The SMILES string of the molecule is C=CCN(C(=O)c1cccc(C)c1F)C(C)C. The van der Waals surface area contributed by atoms with Crippen LogP contribution in [0.2, 0.25) is 0 Å². The van der Waals surface area contributed by atoms with Crippen molar-refractivity contribution in [1.82, 2.24) is 4.90 Å². The highest BCUT2D eigenvalue weighted by atomic mass is 19.1. The highest BCUT2D eigenvalue weighted by molar-refractivity contribution is 5.95. The summed E-state index contributed by atoms with van der Waals surface area (Å²) in [4.78, 5) is 13.8. The fraction of sp³-hybridized carbons (Fsp3) is 0.357. The van der Waals surface area contributed by atoms with Crippen molar-refractivity contribution in [3.8, 4) is 0 Å². The topological polar surface area (TPSA) is 20.3 Å². The minimum absolute atomic E-state index is 0.0143. The van der Waals surface area contributed by atoms with Gasteiger partial charge in [-0.05, 0) is 32.4 Å². The van der Waals surface area contributed by atoms with Crippen molar-refractivity contribution >= 4 is 5.91 Å². The zero-order chi connectivity index (χ0) is 13.0. The highest BCUT2D eigenvalue weighted by Gasteiger charge is 2.21. The molecule has 0 radical (unpaired) electrons. The number of carbonyl (C=O) groups excluding carboxylic acids is 1. The Balaban J connectivity index is 3.09. The summed E-state index contributed by atoms with van der Waals surface area (Å²) in [6.07, 6.45) is 1.64. The Bertz CT molecular complexity index is 426. The Morgan fingerprint density at radius 2 is 2.18 bits per heavy atom. The summed E-state index contributed by atoms with van der Waals surface area (Å²) in [5, 5.41) is 0. The van der Waals surface area contributed by atoms with Gasteiger partial charge in [-0.2, -0.15) is 0 Å².